The van der Waals surface area contributed by atoms with Gasteiger partial charge in [-0.25, -0.2) is 4.98 Å². The van der Waals surface area contributed by atoms with Gasteiger partial charge in [-0.1, -0.05) is 46.9 Å². The molecular formula is C19H14N6S. The van der Waals surface area contributed by atoms with E-state index in [2.05, 4.69) is 31.0 Å². The maximum absolute atomic E-state index is 4.40. The van der Waals surface area contributed by atoms with Crippen LogP contribution in [0.3, 0.4) is 0 Å². The number of benzene rings is 3. The molecule has 3 aromatic carbocycles. The fourth-order valence-corrected chi connectivity index (χ4v) is 3.03. The topological polar surface area (TPSA) is 74.4 Å². The molecule has 0 aliphatic heterocycles. The monoisotopic (exact) mass is 358 g/mol. The number of hydrogen-bond donors (Lipinski definition) is 1. The molecule has 0 atom stereocenters. The molecule has 126 valence electrons. The number of anilines is 1. The molecule has 0 unspecified atom stereocenters. The Balaban J connectivity index is 1.38. The van der Waals surface area contributed by atoms with Crippen LogP contribution in [0.25, 0.3) is 10.2 Å². The van der Waals surface area contributed by atoms with E-state index < -0.39 is 0 Å². The Morgan fingerprint density at radius 2 is 1.38 bits per heavy atom. The van der Waals surface area contributed by atoms with Crippen LogP contribution >= 0.6 is 11.3 Å². The van der Waals surface area contributed by atoms with Crippen molar-refractivity contribution in [3.63, 3.8) is 0 Å². The average molecular weight is 358 g/mol. The third-order valence-electron chi connectivity index (χ3n) is 3.50. The second kappa shape index (κ2) is 7.62. The minimum absolute atomic E-state index is 0.618. The van der Waals surface area contributed by atoms with Gasteiger partial charge in [-0.3, -0.25) is 5.43 Å². The smallest absolute Gasteiger partial charge is 0.232 e. The van der Waals surface area contributed by atoms with Crippen molar-refractivity contribution >= 4 is 43.7 Å². The Kier molecular flexibility index (Phi) is 4.70. The van der Waals surface area contributed by atoms with Gasteiger partial charge in [0.2, 0.25) is 5.13 Å². The van der Waals surface area contributed by atoms with E-state index in [0.29, 0.717) is 5.13 Å². The zero-order valence-corrected chi connectivity index (χ0v) is 14.5. The summed E-state index contributed by atoms with van der Waals surface area (Å²) >= 11 is 1.50. The van der Waals surface area contributed by atoms with E-state index in [4.69, 9.17) is 0 Å². The molecule has 1 N–H and O–H groups in total. The maximum Gasteiger partial charge on any atom is 0.232 e. The number of rotatable bonds is 5. The van der Waals surface area contributed by atoms with Gasteiger partial charge in [0.05, 0.1) is 27.3 Å². The quantitative estimate of drug-likeness (QED) is 0.314. The SMILES string of the molecule is c1ccc(N=Nc2ccc(NN=Nc3nc4ccccc4s3)cc2)cc1. The summed E-state index contributed by atoms with van der Waals surface area (Å²) in [6, 6.07) is 25.0. The molecule has 4 aromatic rings. The molecule has 7 heteroatoms. The number of aromatic nitrogens is 1. The van der Waals surface area contributed by atoms with Crippen molar-refractivity contribution in [2.24, 2.45) is 20.6 Å². The Labute approximate surface area is 154 Å². The summed E-state index contributed by atoms with van der Waals surface area (Å²) in [5, 5.41) is 17.1. The summed E-state index contributed by atoms with van der Waals surface area (Å²) in [6.07, 6.45) is 0. The highest BCUT2D eigenvalue weighted by molar-refractivity contribution is 7.21. The third-order valence-corrected chi connectivity index (χ3v) is 4.42. The summed E-state index contributed by atoms with van der Waals surface area (Å²) in [7, 11) is 0. The normalized spacial score (nSPS) is 11.5. The van der Waals surface area contributed by atoms with Crippen molar-refractivity contribution < 1.29 is 0 Å². The lowest BCUT2D eigenvalue weighted by Crippen LogP contribution is -1.84. The van der Waals surface area contributed by atoms with Gasteiger partial charge in [0, 0.05) is 0 Å². The molecule has 6 nitrogen and oxygen atoms in total. The molecule has 0 amide bonds. The van der Waals surface area contributed by atoms with Gasteiger partial charge in [-0.05, 0) is 48.5 Å². The van der Waals surface area contributed by atoms with Crippen LogP contribution in [-0.4, -0.2) is 4.98 Å². The first-order valence-corrected chi connectivity index (χ1v) is 8.78. The molecule has 0 spiro atoms. The highest BCUT2D eigenvalue weighted by atomic mass is 32.1. The van der Waals surface area contributed by atoms with Gasteiger partial charge in [0.1, 0.15) is 0 Å². The summed E-state index contributed by atoms with van der Waals surface area (Å²) < 4.78 is 1.09. The van der Waals surface area contributed by atoms with E-state index in [1.807, 2.05) is 78.9 Å². The predicted octanol–water partition coefficient (Wildman–Crippen LogP) is 6.82. The van der Waals surface area contributed by atoms with Gasteiger partial charge < -0.3 is 0 Å². The molecule has 0 radical (unpaired) electrons. The minimum Gasteiger partial charge on any atom is -0.260 e. The van der Waals surface area contributed by atoms with Crippen molar-refractivity contribution in [2.45, 2.75) is 0 Å². The summed E-state index contributed by atoms with van der Waals surface area (Å²) in [4.78, 5) is 4.40. The lowest BCUT2D eigenvalue weighted by atomic mass is 10.3. The Hall–Kier alpha value is -3.45. The molecular weight excluding hydrogens is 344 g/mol. The van der Waals surface area contributed by atoms with Crippen molar-refractivity contribution in [3.05, 3.63) is 78.9 Å². The summed E-state index contributed by atoms with van der Waals surface area (Å²) in [5.74, 6) is 0. The van der Waals surface area contributed by atoms with Crippen molar-refractivity contribution in [3.8, 4) is 0 Å². The van der Waals surface area contributed by atoms with E-state index in [1.165, 1.54) is 11.3 Å². The number of azo groups is 1. The van der Waals surface area contributed by atoms with E-state index in [-0.39, 0.29) is 0 Å². The molecule has 0 saturated heterocycles. The zero-order valence-electron chi connectivity index (χ0n) is 13.6. The molecule has 0 aliphatic carbocycles. The second-order valence-corrected chi connectivity index (χ2v) is 6.37. The lowest BCUT2D eigenvalue weighted by molar-refractivity contribution is 1.12. The first-order valence-electron chi connectivity index (χ1n) is 7.96. The second-order valence-electron chi connectivity index (χ2n) is 5.36. The van der Waals surface area contributed by atoms with E-state index in [9.17, 15) is 0 Å². The standard InChI is InChI=1S/C19H14N6S/c1-2-6-14(7-3-1)21-22-15-10-12-16(13-11-15)23-25-24-19-20-17-8-4-5-9-18(17)26-19/h1-13H,(H,20,23,24). The Morgan fingerprint density at radius 3 is 2.15 bits per heavy atom. The number of hydrogen-bond acceptors (Lipinski definition) is 6. The highest BCUT2D eigenvalue weighted by Gasteiger charge is 2.01. The number of fused-ring (bicyclic) bond motifs is 1. The summed E-state index contributed by atoms with van der Waals surface area (Å²) in [5.41, 5.74) is 6.22. The first kappa shape index (κ1) is 16.0. The van der Waals surface area contributed by atoms with Gasteiger partial charge in [-0.15, -0.1) is 5.11 Å². The van der Waals surface area contributed by atoms with Crippen LogP contribution in [0.4, 0.5) is 22.2 Å². The van der Waals surface area contributed by atoms with Crippen molar-refractivity contribution in [2.75, 3.05) is 5.43 Å². The van der Waals surface area contributed by atoms with Crippen molar-refractivity contribution in [1.82, 2.24) is 4.98 Å². The predicted molar refractivity (Wildman–Crippen MR) is 105 cm³/mol. The number of para-hydroxylation sites is 1. The van der Waals surface area contributed by atoms with E-state index >= 15 is 0 Å². The highest BCUT2D eigenvalue weighted by Crippen LogP contribution is 2.28. The van der Waals surface area contributed by atoms with Gasteiger partial charge in [0.15, 0.2) is 0 Å². The molecule has 0 bridgehead atoms. The van der Waals surface area contributed by atoms with E-state index in [0.717, 1.165) is 27.3 Å². The molecule has 1 aromatic heterocycles. The molecule has 26 heavy (non-hydrogen) atoms. The summed E-state index contributed by atoms with van der Waals surface area (Å²) in [6.45, 7) is 0. The molecule has 0 aliphatic rings. The fourth-order valence-electron chi connectivity index (χ4n) is 2.24. The maximum atomic E-state index is 4.40. The van der Waals surface area contributed by atoms with Crippen LogP contribution in [0, 0.1) is 0 Å². The van der Waals surface area contributed by atoms with Crippen LogP contribution in [0.5, 0.6) is 0 Å². The van der Waals surface area contributed by atoms with Crippen LogP contribution in [0.1, 0.15) is 0 Å². The molecule has 4 rings (SSSR count). The minimum atomic E-state index is 0.618. The third kappa shape index (κ3) is 3.96. The largest absolute Gasteiger partial charge is 0.260 e. The first-order chi connectivity index (χ1) is 12.9. The molecule has 1 heterocycles. The molecule has 0 fully saturated rings. The van der Waals surface area contributed by atoms with Gasteiger partial charge >= 0.3 is 0 Å². The number of nitrogens with one attached hydrogen (secondary N) is 1. The van der Waals surface area contributed by atoms with Crippen molar-refractivity contribution in [1.29, 1.82) is 0 Å². The van der Waals surface area contributed by atoms with E-state index in [1.54, 1.807) is 0 Å². The van der Waals surface area contributed by atoms with Crippen LogP contribution < -0.4 is 5.43 Å². The number of thiazole rings is 1. The Bertz CT molecular complexity index is 1020. The van der Waals surface area contributed by atoms with Crippen LogP contribution in [0.15, 0.2) is 99.4 Å². The van der Waals surface area contributed by atoms with Crippen LogP contribution in [0.2, 0.25) is 0 Å². The zero-order chi connectivity index (χ0) is 17.6. The molecule has 0 saturated carbocycles. The van der Waals surface area contributed by atoms with Crippen LogP contribution in [-0.2, 0) is 0 Å². The fraction of sp³-hybridized carbons (Fsp3) is 0. The Morgan fingerprint density at radius 1 is 0.692 bits per heavy atom. The van der Waals surface area contributed by atoms with Gasteiger partial charge in [0.25, 0.3) is 0 Å². The lowest BCUT2D eigenvalue weighted by Gasteiger charge is -1.98. The number of nitrogens with zero attached hydrogens (tertiary/aromatic N) is 5. The van der Waals surface area contributed by atoms with Gasteiger partial charge in [-0.2, -0.15) is 10.2 Å². The average Bonchev–Trinajstić information content (AvgIpc) is 3.11.